The first-order chi connectivity index (χ1) is 14.4. The number of hydrogen-bond acceptors (Lipinski definition) is 4. The normalized spacial score (nSPS) is 39.9. The number of allylic oxidation sites excluding steroid dienone is 2. The van der Waals surface area contributed by atoms with Gasteiger partial charge < -0.3 is 4.74 Å². The molecule has 7 atom stereocenters. The summed E-state index contributed by atoms with van der Waals surface area (Å²) >= 11 is 0. The van der Waals surface area contributed by atoms with Crippen LogP contribution in [0.5, 0.6) is 0 Å². The third-order valence-corrected chi connectivity index (χ3v) is 9.15. The fourth-order valence-electron chi connectivity index (χ4n) is 7.92. The molecule has 4 aliphatic rings. The van der Waals surface area contributed by atoms with Crippen LogP contribution in [0.2, 0.25) is 0 Å². The smallest absolute Gasteiger partial charge is 0.303 e. The lowest BCUT2D eigenvalue weighted by Crippen LogP contribution is -2.49. The van der Waals surface area contributed by atoms with Crippen LogP contribution in [0.4, 0.5) is 0 Å². The zero-order chi connectivity index (χ0) is 21.5. The van der Waals surface area contributed by atoms with Gasteiger partial charge in [0, 0.05) is 18.8 Å². The fraction of sp³-hybridized carbons (Fsp3) is 0.731. The molecule has 4 rings (SSSR count). The highest BCUT2D eigenvalue weighted by Crippen LogP contribution is 2.65. The van der Waals surface area contributed by atoms with Gasteiger partial charge >= 0.3 is 5.97 Å². The molecule has 0 aromatic heterocycles. The minimum absolute atomic E-state index is 0.0335. The maximum Gasteiger partial charge on any atom is 0.303 e. The average Bonchev–Trinajstić information content (AvgIpc) is 3.12. The molecule has 0 aromatic carbocycles. The molecule has 0 radical (unpaired) electrons. The summed E-state index contributed by atoms with van der Waals surface area (Å²) in [6.07, 6.45) is 13.2. The van der Waals surface area contributed by atoms with Crippen LogP contribution in [-0.4, -0.2) is 24.1 Å². The predicted octanol–water partition coefficient (Wildman–Crippen LogP) is 5.07. The number of carbonyl (C=O) groups excluding carboxylic acids is 3. The van der Waals surface area contributed by atoms with E-state index < -0.39 is 0 Å². The largest absolute Gasteiger partial charge is 0.458 e. The van der Waals surface area contributed by atoms with E-state index in [1.54, 1.807) is 0 Å². The second-order valence-electron chi connectivity index (χ2n) is 10.2. The maximum absolute atomic E-state index is 13.0. The molecule has 0 aromatic rings. The first kappa shape index (κ1) is 21.5. The standard InChI is InChI=1S/C26H36O4/c1-4-6-18-13-21-17(14-24(18)28)7-8-20-19(21)11-12-26(5-2)22(20)9-10-23(26)25(29)15-30-16(3)27/h4,14,18-23H,1,5-13,15H2,2-3H3/t18?,19-,20+,21-,22-,23+,26-/m0/s1. The highest BCUT2D eigenvalue weighted by molar-refractivity contribution is 5.93. The molecule has 4 aliphatic carbocycles. The van der Waals surface area contributed by atoms with Gasteiger partial charge in [-0.05, 0) is 93.0 Å². The number of Topliss-reactive ketones (excluding diaryl/α,β-unsaturated/α-hetero) is 1. The summed E-state index contributed by atoms with van der Waals surface area (Å²) in [5.74, 6) is 2.62. The van der Waals surface area contributed by atoms with E-state index in [-0.39, 0.29) is 35.6 Å². The zero-order valence-electron chi connectivity index (χ0n) is 18.5. The number of esters is 1. The van der Waals surface area contributed by atoms with Crippen molar-refractivity contribution in [3.8, 4) is 0 Å². The Morgan fingerprint density at radius 2 is 2.03 bits per heavy atom. The van der Waals surface area contributed by atoms with E-state index in [4.69, 9.17) is 4.74 Å². The van der Waals surface area contributed by atoms with E-state index in [2.05, 4.69) is 13.5 Å². The Morgan fingerprint density at radius 1 is 1.23 bits per heavy atom. The monoisotopic (exact) mass is 412 g/mol. The second kappa shape index (κ2) is 8.43. The Morgan fingerprint density at radius 3 is 2.73 bits per heavy atom. The van der Waals surface area contributed by atoms with Gasteiger partial charge in [0.2, 0.25) is 0 Å². The molecule has 30 heavy (non-hydrogen) atoms. The average molecular weight is 413 g/mol. The molecule has 0 N–H and O–H groups in total. The highest BCUT2D eigenvalue weighted by Gasteiger charge is 2.59. The van der Waals surface area contributed by atoms with Gasteiger partial charge in [-0.15, -0.1) is 6.58 Å². The molecule has 4 heteroatoms. The van der Waals surface area contributed by atoms with Gasteiger partial charge in [0.15, 0.2) is 11.6 Å². The lowest BCUT2D eigenvalue weighted by atomic mass is 9.49. The van der Waals surface area contributed by atoms with Crippen LogP contribution >= 0.6 is 0 Å². The van der Waals surface area contributed by atoms with Gasteiger partial charge in [-0.1, -0.05) is 18.6 Å². The second-order valence-corrected chi connectivity index (χ2v) is 10.2. The molecule has 0 saturated heterocycles. The quantitative estimate of drug-likeness (QED) is 0.451. The summed E-state index contributed by atoms with van der Waals surface area (Å²) in [5.41, 5.74) is 1.47. The molecule has 0 aliphatic heterocycles. The van der Waals surface area contributed by atoms with Gasteiger partial charge in [-0.3, -0.25) is 14.4 Å². The Labute approximate surface area is 180 Å². The van der Waals surface area contributed by atoms with Crippen LogP contribution in [0.1, 0.15) is 71.6 Å². The first-order valence-electron chi connectivity index (χ1n) is 11.9. The van der Waals surface area contributed by atoms with E-state index >= 15 is 0 Å². The zero-order valence-corrected chi connectivity index (χ0v) is 18.5. The molecule has 3 saturated carbocycles. The van der Waals surface area contributed by atoms with Gasteiger partial charge in [0.1, 0.15) is 6.61 Å². The van der Waals surface area contributed by atoms with Crippen LogP contribution in [0.15, 0.2) is 24.3 Å². The van der Waals surface area contributed by atoms with Crippen molar-refractivity contribution in [2.24, 2.45) is 40.9 Å². The van der Waals surface area contributed by atoms with Crippen LogP contribution in [0.25, 0.3) is 0 Å². The molecule has 0 bridgehead atoms. The van der Waals surface area contributed by atoms with Crippen molar-refractivity contribution in [1.82, 2.24) is 0 Å². The minimum atomic E-state index is -0.375. The molecule has 164 valence electrons. The van der Waals surface area contributed by atoms with E-state index in [1.807, 2.05) is 12.2 Å². The summed E-state index contributed by atoms with van der Waals surface area (Å²) in [4.78, 5) is 36.7. The molecule has 0 amide bonds. The summed E-state index contributed by atoms with van der Waals surface area (Å²) in [6.45, 7) is 7.40. The van der Waals surface area contributed by atoms with Crippen molar-refractivity contribution in [3.05, 3.63) is 24.3 Å². The van der Waals surface area contributed by atoms with Gasteiger partial charge in [-0.2, -0.15) is 0 Å². The third-order valence-electron chi connectivity index (χ3n) is 9.15. The molecule has 3 fully saturated rings. The lowest BCUT2D eigenvalue weighted by Gasteiger charge is -2.55. The third kappa shape index (κ3) is 3.50. The van der Waals surface area contributed by atoms with Gasteiger partial charge in [0.05, 0.1) is 0 Å². The summed E-state index contributed by atoms with van der Waals surface area (Å²) in [7, 11) is 0. The van der Waals surface area contributed by atoms with Crippen molar-refractivity contribution in [3.63, 3.8) is 0 Å². The van der Waals surface area contributed by atoms with Crippen molar-refractivity contribution >= 4 is 17.5 Å². The van der Waals surface area contributed by atoms with Crippen molar-refractivity contribution < 1.29 is 19.1 Å². The Balaban J connectivity index is 1.55. The summed E-state index contributed by atoms with van der Waals surface area (Å²) in [6, 6.07) is 0. The topological polar surface area (TPSA) is 60.4 Å². The van der Waals surface area contributed by atoms with Gasteiger partial charge in [-0.25, -0.2) is 0 Å². The van der Waals surface area contributed by atoms with Gasteiger partial charge in [0.25, 0.3) is 0 Å². The Kier molecular flexibility index (Phi) is 6.05. The minimum Gasteiger partial charge on any atom is -0.458 e. The summed E-state index contributed by atoms with van der Waals surface area (Å²) in [5, 5.41) is 0. The van der Waals surface area contributed by atoms with Crippen LogP contribution in [0.3, 0.4) is 0 Å². The first-order valence-corrected chi connectivity index (χ1v) is 11.9. The predicted molar refractivity (Wildman–Crippen MR) is 116 cm³/mol. The lowest BCUT2D eigenvalue weighted by molar-refractivity contribution is -0.149. The maximum atomic E-state index is 13.0. The number of rotatable bonds is 6. The molecule has 0 spiro atoms. The molecular weight excluding hydrogens is 376 g/mol. The van der Waals surface area contributed by atoms with E-state index in [0.717, 1.165) is 57.8 Å². The Bertz CT molecular complexity index is 765. The van der Waals surface area contributed by atoms with Crippen molar-refractivity contribution in [2.75, 3.05) is 6.61 Å². The number of ketones is 2. The molecule has 4 nitrogen and oxygen atoms in total. The van der Waals surface area contributed by atoms with E-state index in [1.165, 1.54) is 12.5 Å². The number of fused-ring (bicyclic) bond motifs is 5. The van der Waals surface area contributed by atoms with Crippen LogP contribution in [-0.2, 0) is 19.1 Å². The molecule has 1 unspecified atom stereocenters. The fourth-order valence-corrected chi connectivity index (χ4v) is 7.92. The van der Waals surface area contributed by atoms with Crippen molar-refractivity contribution in [2.45, 2.75) is 71.6 Å². The van der Waals surface area contributed by atoms with Crippen LogP contribution in [0, 0.1) is 40.9 Å². The number of ether oxygens (including phenoxy) is 1. The highest BCUT2D eigenvalue weighted by atomic mass is 16.5. The number of hydrogen-bond donors (Lipinski definition) is 0. The van der Waals surface area contributed by atoms with E-state index in [0.29, 0.717) is 29.5 Å². The summed E-state index contributed by atoms with van der Waals surface area (Å²) < 4.78 is 5.07. The molecular formula is C26H36O4. The van der Waals surface area contributed by atoms with E-state index in [9.17, 15) is 14.4 Å². The Hall–Kier alpha value is -1.71. The van der Waals surface area contributed by atoms with Crippen molar-refractivity contribution in [1.29, 1.82) is 0 Å². The SMILES string of the molecule is C=CCC1C[C@H]2C(=CC1=O)CC[C@@H]1[C@@H]2CC[C@]2(CC)[C@@H](C(=O)COC(C)=O)CC[C@@H]12. The number of carbonyl (C=O) groups is 3. The molecule has 0 heterocycles. The van der Waals surface area contributed by atoms with Crippen LogP contribution < -0.4 is 0 Å².